The van der Waals surface area contributed by atoms with Crippen molar-refractivity contribution in [2.24, 2.45) is 11.8 Å². The first kappa shape index (κ1) is 26.1. The van der Waals surface area contributed by atoms with Crippen molar-refractivity contribution in [3.8, 4) is 11.8 Å². The Bertz CT molecular complexity index is 1790. The van der Waals surface area contributed by atoms with Crippen LogP contribution in [0.1, 0.15) is 43.3 Å². The van der Waals surface area contributed by atoms with E-state index in [4.69, 9.17) is 24.4 Å². The number of nitrogens with one attached hydrogen (secondary N) is 1. The summed E-state index contributed by atoms with van der Waals surface area (Å²) >= 11 is 0. The second kappa shape index (κ2) is 9.63. The molecule has 0 bridgehead atoms. The summed E-state index contributed by atoms with van der Waals surface area (Å²) in [5.41, 5.74) is 3.12. The van der Waals surface area contributed by atoms with Gasteiger partial charge in [0.25, 0.3) is 10.1 Å². The molecule has 2 aromatic heterocycles. The number of aromatic nitrogens is 4. The molecule has 0 radical (unpaired) electrons. The van der Waals surface area contributed by atoms with Gasteiger partial charge in [-0.15, -0.1) is 0 Å². The van der Waals surface area contributed by atoms with E-state index in [1.54, 1.807) is 12.1 Å². The quantitative estimate of drug-likeness (QED) is 0.262. The number of hydrogen-bond acceptors (Lipinski definition) is 8. The van der Waals surface area contributed by atoms with Gasteiger partial charge < -0.3 is 19.4 Å². The lowest BCUT2D eigenvalue weighted by Gasteiger charge is -2.24. The molecule has 11 heteroatoms. The number of imidazole rings is 1. The summed E-state index contributed by atoms with van der Waals surface area (Å²) in [6.45, 7) is 4.44. The van der Waals surface area contributed by atoms with Crippen LogP contribution in [0.15, 0.2) is 65.8 Å². The number of benzene rings is 2. The SMILES string of the molecule is CC1(C)O[C@@H]2[C@@H]3C[C@@H]3[C@@H](n3cnc4c(NCCc5ccc(S(=O)(=O)O)cc5)nc(C#Cc5ccccc5)nc43)[C@@H]2O1. The number of anilines is 1. The van der Waals surface area contributed by atoms with Crippen LogP contribution in [-0.2, 0) is 26.0 Å². The van der Waals surface area contributed by atoms with Crippen molar-refractivity contribution < 1.29 is 22.4 Å². The number of rotatable bonds is 6. The van der Waals surface area contributed by atoms with E-state index in [0.29, 0.717) is 47.6 Å². The van der Waals surface area contributed by atoms with Gasteiger partial charge in [0.05, 0.1) is 23.4 Å². The lowest BCUT2D eigenvalue weighted by Crippen LogP contribution is -2.30. The zero-order valence-electron chi connectivity index (χ0n) is 22.6. The Morgan fingerprint density at radius 1 is 1.02 bits per heavy atom. The molecule has 5 atom stereocenters. The molecule has 2 aliphatic carbocycles. The molecule has 0 unspecified atom stereocenters. The zero-order chi connectivity index (χ0) is 28.4. The van der Waals surface area contributed by atoms with Gasteiger partial charge in [0.2, 0.25) is 5.82 Å². The van der Waals surface area contributed by atoms with Gasteiger partial charge in [0.15, 0.2) is 22.8 Å². The first-order valence-corrected chi connectivity index (χ1v) is 15.1. The number of fused-ring (bicyclic) bond motifs is 4. The minimum absolute atomic E-state index is 0.0655. The fourth-order valence-corrected chi connectivity index (χ4v) is 6.62. The van der Waals surface area contributed by atoms with E-state index >= 15 is 0 Å². The van der Waals surface area contributed by atoms with E-state index in [1.165, 1.54) is 12.1 Å². The molecule has 3 heterocycles. The Hall–Kier alpha value is -3.82. The Labute approximate surface area is 237 Å². The monoisotopic (exact) mass is 571 g/mol. The molecule has 0 amide bonds. The first-order valence-electron chi connectivity index (χ1n) is 13.6. The molecular formula is C30H29N5O5S. The van der Waals surface area contributed by atoms with Crippen LogP contribution >= 0.6 is 0 Å². The molecule has 3 fully saturated rings. The summed E-state index contributed by atoms with van der Waals surface area (Å²) in [6.07, 6.45) is 3.52. The summed E-state index contributed by atoms with van der Waals surface area (Å²) < 4.78 is 46.7. The van der Waals surface area contributed by atoms with E-state index in [9.17, 15) is 13.0 Å². The van der Waals surface area contributed by atoms with Crippen LogP contribution in [0.4, 0.5) is 5.82 Å². The fourth-order valence-electron chi connectivity index (χ4n) is 6.14. The van der Waals surface area contributed by atoms with E-state index in [1.807, 2.05) is 50.5 Å². The topological polar surface area (TPSA) is 128 Å². The van der Waals surface area contributed by atoms with E-state index in [-0.39, 0.29) is 23.1 Å². The minimum atomic E-state index is -4.23. The maximum atomic E-state index is 11.4. The molecule has 7 rings (SSSR count). The van der Waals surface area contributed by atoms with Crippen LogP contribution in [0.2, 0.25) is 0 Å². The normalized spacial score (nSPS) is 25.8. The van der Waals surface area contributed by atoms with Gasteiger partial charge in [-0.3, -0.25) is 4.55 Å². The van der Waals surface area contributed by atoms with Gasteiger partial charge in [-0.2, -0.15) is 8.42 Å². The summed E-state index contributed by atoms with van der Waals surface area (Å²) in [5.74, 6) is 7.54. The maximum Gasteiger partial charge on any atom is 0.294 e. The zero-order valence-corrected chi connectivity index (χ0v) is 23.4. The molecule has 4 aromatic rings. The van der Waals surface area contributed by atoms with Crippen LogP contribution in [0.25, 0.3) is 11.2 Å². The third-order valence-electron chi connectivity index (χ3n) is 8.01. The molecule has 2 N–H and O–H groups in total. The van der Waals surface area contributed by atoms with Gasteiger partial charge in [0, 0.05) is 12.1 Å². The summed E-state index contributed by atoms with van der Waals surface area (Å²) in [4.78, 5) is 14.2. The van der Waals surface area contributed by atoms with Crippen molar-refractivity contribution in [2.75, 3.05) is 11.9 Å². The third kappa shape index (κ3) is 4.97. The van der Waals surface area contributed by atoms with E-state index in [0.717, 1.165) is 17.5 Å². The number of nitrogens with zero attached hydrogens (tertiary/aromatic N) is 4. The Balaban J connectivity index is 1.20. The highest BCUT2D eigenvalue weighted by molar-refractivity contribution is 7.85. The first-order chi connectivity index (χ1) is 19.7. The minimum Gasteiger partial charge on any atom is -0.368 e. The Morgan fingerprint density at radius 3 is 2.54 bits per heavy atom. The van der Waals surface area contributed by atoms with Gasteiger partial charge in [0.1, 0.15) is 6.10 Å². The highest BCUT2D eigenvalue weighted by Gasteiger charge is 2.66. The van der Waals surface area contributed by atoms with Crippen LogP contribution in [-0.4, -0.2) is 57.0 Å². The van der Waals surface area contributed by atoms with Gasteiger partial charge in [-0.25, -0.2) is 15.0 Å². The van der Waals surface area contributed by atoms with Crippen LogP contribution in [0, 0.1) is 23.7 Å². The van der Waals surface area contributed by atoms with Crippen molar-refractivity contribution in [3.63, 3.8) is 0 Å². The van der Waals surface area contributed by atoms with Crippen molar-refractivity contribution in [1.82, 2.24) is 19.5 Å². The molecule has 2 saturated carbocycles. The van der Waals surface area contributed by atoms with E-state index < -0.39 is 15.9 Å². The fraction of sp³-hybridized carbons (Fsp3) is 0.367. The number of hydrogen-bond donors (Lipinski definition) is 2. The lowest BCUT2D eigenvalue weighted by molar-refractivity contribution is -0.156. The smallest absolute Gasteiger partial charge is 0.294 e. The second-order valence-electron chi connectivity index (χ2n) is 11.3. The van der Waals surface area contributed by atoms with Gasteiger partial charge in [-0.1, -0.05) is 36.3 Å². The van der Waals surface area contributed by atoms with Crippen molar-refractivity contribution in [3.05, 3.63) is 77.9 Å². The summed E-state index contributed by atoms with van der Waals surface area (Å²) in [7, 11) is -4.23. The summed E-state index contributed by atoms with van der Waals surface area (Å²) in [6, 6.07) is 15.9. The average Bonchev–Trinajstić information content (AvgIpc) is 3.37. The Morgan fingerprint density at radius 2 is 1.78 bits per heavy atom. The van der Waals surface area contributed by atoms with Crippen LogP contribution in [0.5, 0.6) is 0 Å². The highest BCUT2D eigenvalue weighted by atomic mass is 32.2. The van der Waals surface area contributed by atoms with Crippen LogP contribution < -0.4 is 5.32 Å². The van der Waals surface area contributed by atoms with Crippen molar-refractivity contribution >= 4 is 27.1 Å². The highest BCUT2D eigenvalue weighted by Crippen LogP contribution is 2.63. The molecule has 3 aliphatic rings. The average molecular weight is 572 g/mol. The molecule has 1 aliphatic heterocycles. The van der Waals surface area contributed by atoms with Gasteiger partial charge >= 0.3 is 0 Å². The number of ether oxygens (including phenoxy) is 2. The lowest BCUT2D eigenvalue weighted by atomic mass is 10.1. The van der Waals surface area contributed by atoms with Crippen molar-refractivity contribution in [1.29, 1.82) is 0 Å². The van der Waals surface area contributed by atoms with E-state index in [2.05, 4.69) is 21.7 Å². The van der Waals surface area contributed by atoms with Crippen LogP contribution in [0.3, 0.4) is 0 Å². The molecule has 210 valence electrons. The predicted molar refractivity (Wildman–Crippen MR) is 151 cm³/mol. The molecule has 41 heavy (non-hydrogen) atoms. The standard InChI is InChI=1S/C30H29N5O5S/c1-30(2)39-26-22-16-21(22)25(27(26)40-30)35-17-32-24-28(31-15-14-19-8-11-20(12-9-19)41(36,37)38)33-23(34-29(24)35)13-10-18-6-4-3-5-7-18/h3-9,11-12,17,21-22,25-27H,14-16H2,1-2H3,(H,31,33,34)(H,36,37,38)/t21-,22+,25+,26+,27-/m0/s1. The molecule has 2 aromatic carbocycles. The largest absolute Gasteiger partial charge is 0.368 e. The second-order valence-corrected chi connectivity index (χ2v) is 12.7. The molecule has 1 saturated heterocycles. The summed E-state index contributed by atoms with van der Waals surface area (Å²) in [5, 5.41) is 3.39. The Kier molecular flexibility index (Phi) is 6.13. The molecule has 10 nitrogen and oxygen atoms in total. The third-order valence-corrected chi connectivity index (χ3v) is 8.88. The van der Waals surface area contributed by atoms with Crippen molar-refractivity contribution in [2.45, 2.75) is 55.6 Å². The van der Waals surface area contributed by atoms with Gasteiger partial charge in [-0.05, 0) is 74.3 Å². The maximum absolute atomic E-state index is 11.4. The molecule has 0 spiro atoms. The predicted octanol–water partition coefficient (Wildman–Crippen LogP) is 3.84. The molecular weight excluding hydrogens is 542 g/mol.